The minimum atomic E-state index is 0.580. The lowest BCUT2D eigenvalue weighted by molar-refractivity contribution is 0.456. The summed E-state index contributed by atoms with van der Waals surface area (Å²) < 4.78 is 0.927. The average molecular weight is 242 g/mol. The van der Waals surface area contributed by atoms with Crippen LogP contribution in [-0.4, -0.2) is 12.6 Å². The van der Waals surface area contributed by atoms with E-state index in [4.69, 9.17) is 11.6 Å². The highest BCUT2D eigenvalue weighted by Gasteiger charge is 2.43. The van der Waals surface area contributed by atoms with Crippen molar-refractivity contribution in [3.05, 3.63) is 21.3 Å². The van der Waals surface area contributed by atoms with E-state index in [-0.39, 0.29) is 0 Å². The first-order valence-electron chi connectivity index (χ1n) is 5.73. The molecule has 0 atom stereocenters. The van der Waals surface area contributed by atoms with Crippen LogP contribution in [0.2, 0.25) is 4.34 Å². The minimum absolute atomic E-state index is 0.580. The van der Waals surface area contributed by atoms with Crippen LogP contribution in [0.4, 0.5) is 0 Å². The summed E-state index contributed by atoms with van der Waals surface area (Å²) in [5.41, 5.74) is 0.580. The van der Waals surface area contributed by atoms with Gasteiger partial charge in [-0.1, -0.05) is 11.6 Å². The second-order valence-corrected chi connectivity index (χ2v) is 6.84. The van der Waals surface area contributed by atoms with E-state index in [2.05, 4.69) is 11.4 Å². The van der Waals surface area contributed by atoms with Crippen LogP contribution in [0.15, 0.2) is 12.1 Å². The largest absolute Gasteiger partial charge is 0.313 e. The zero-order valence-electron chi connectivity index (χ0n) is 8.76. The van der Waals surface area contributed by atoms with E-state index in [1.165, 1.54) is 43.5 Å². The van der Waals surface area contributed by atoms with Crippen LogP contribution < -0.4 is 5.32 Å². The highest BCUT2D eigenvalue weighted by atomic mass is 35.5. The monoisotopic (exact) mass is 241 g/mol. The van der Waals surface area contributed by atoms with Crippen molar-refractivity contribution in [1.82, 2.24) is 5.32 Å². The van der Waals surface area contributed by atoms with E-state index in [1.54, 1.807) is 11.3 Å². The van der Waals surface area contributed by atoms with Crippen molar-refractivity contribution < 1.29 is 0 Å². The molecule has 3 rings (SSSR count). The van der Waals surface area contributed by atoms with Gasteiger partial charge in [-0.15, -0.1) is 11.3 Å². The molecule has 2 fully saturated rings. The van der Waals surface area contributed by atoms with Crippen molar-refractivity contribution in [1.29, 1.82) is 0 Å². The Morgan fingerprint density at radius 3 is 2.73 bits per heavy atom. The van der Waals surface area contributed by atoms with Gasteiger partial charge in [0, 0.05) is 17.5 Å². The third kappa shape index (κ3) is 2.55. The molecule has 15 heavy (non-hydrogen) atoms. The van der Waals surface area contributed by atoms with Crippen LogP contribution in [0.25, 0.3) is 0 Å². The first-order chi connectivity index (χ1) is 7.26. The molecule has 3 heteroatoms. The number of rotatable bonds is 5. The maximum Gasteiger partial charge on any atom is 0.0931 e. The van der Waals surface area contributed by atoms with Gasteiger partial charge in [0.1, 0.15) is 0 Å². The number of thiophene rings is 1. The Balaban J connectivity index is 1.56. The molecule has 82 valence electrons. The second-order valence-electron chi connectivity index (χ2n) is 5.04. The lowest BCUT2D eigenvalue weighted by atomic mass is 10.0. The zero-order chi connectivity index (χ0) is 10.3. The van der Waals surface area contributed by atoms with Crippen LogP contribution in [0.5, 0.6) is 0 Å². The molecular formula is C12H16ClNS. The summed E-state index contributed by atoms with van der Waals surface area (Å²) in [5.74, 6) is 0. The lowest BCUT2D eigenvalue weighted by Crippen LogP contribution is -2.27. The standard InChI is InChI=1S/C12H16ClNS/c13-11-4-3-10(15-11)7-12(5-6-12)8-14-9-1-2-9/h3-4,9,14H,1-2,5-8H2. The fourth-order valence-electron chi connectivity index (χ4n) is 2.06. The van der Waals surface area contributed by atoms with E-state index in [9.17, 15) is 0 Å². The first kappa shape index (κ1) is 10.1. The van der Waals surface area contributed by atoms with Crippen molar-refractivity contribution in [2.75, 3.05) is 6.54 Å². The SMILES string of the molecule is Clc1ccc(CC2(CNC3CC3)CC2)s1. The summed E-state index contributed by atoms with van der Waals surface area (Å²) in [6.45, 7) is 1.22. The van der Waals surface area contributed by atoms with Crippen LogP contribution in [-0.2, 0) is 6.42 Å². The molecule has 1 aromatic heterocycles. The van der Waals surface area contributed by atoms with E-state index < -0.39 is 0 Å². The Hall–Kier alpha value is -0.0500. The summed E-state index contributed by atoms with van der Waals surface area (Å²) in [5, 5.41) is 3.66. The fraction of sp³-hybridized carbons (Fsp3) is 0.667. The van der Waals surface area contributed by atoms with E-state index >= 15 is 0 Å². The van der Waals surface area contributed by atoms with Crippen LogP contribution in [0, 0.1) is 5.41 Å². The minimum Gasteiger partial charge on any atom is -0.313 e. The quantitative estimate of drug-likeness (QED) is 0.833. The number of halogens is 1. The Bertz CT molecular complexity index is 352. The fourth-order valence-corrected chi connectivity index (χ4v) is 3.32. The molecule has 1 heterocycles. The number of hydrogen-bond acceptors (Lipinski definition) is 2. The zero-order valence-corrected chi connectivity index (χ0v) is 10.3. The summed E-state index contributed by atoms with van der Waals surface area (Å²) in [6.07, 6.45) is 6.79. The molecule has 0 radical (unpaired) electrons. The summed E-state index contributed by atoms with van der Waals surface area (Å²) >= 11 is 7.69. The van der Waals surface area contributed by atoms with E-state index in [0.717, 1.165) is 10.4 Å². The topological polar surface area (TPSA) is 12.0 Å². The normalized spacial score (nSPS) is 23.0. The van der Waals surface area contributed by atoms with Gasteiger partial charge >= 0.3 is 0 Å². The highest BCUT2D eigenvalue weighted by Crippen LogP contribution is 2.49. The molecule has 0 aliphatic heterocycles. The molecule has 2 saturated carbocycles. The third-order valence-corrected chi connectivity index (χ3v) is 4.71. The van der Waals surface area contributed by atoms with Crippen LogP contribution in [0.1, 0.15) is 30.6 Å². The van der Waals surface area contributed by atoms with Crippen LogP contribution in [0.3, 0.4) is 0 Å². The maximum absolute atomic E-state index is 5.95. The Kier molecular flexibility index (Phi) is 2.54. The molecule has 0 amide bonds. The summed E-state index contributed by atoms with van der Waals surface area (Å²) in [7, 11) is 0. The molecule has 0 saturated heterocycles. The molecule has 2 aliphatic rings. The molecule has 1 aromatic rings. The lowest BCUT2D eigenvalue weighted by Gasteiger charge is -2.14. The molecule has 0 spiro atoms. The highest BCUT2D eigenvalue weighted by molar-refractivity contribution is 7.16. The third-order valence-electron chi connectivity index (χ3n) is 3.48. The van der Waals surface area contributed by atoms with Crippen molar-refractivity contribution in [3.63, 3.8) is 0 Å². The van der Waals surface area contributed by atoms with Gasteiger partial charge < -0.3 is 5.32 Å². The molecule has 1 nitrogen and oxygen atoms in total. The summed E-state index contributed by atoms with van der Waals surface area (Å²) in [4.78, 5) is 1.45. The van der Waals surface area contributed by atoms with Gasteiger partial charge in [0.25, 0.3) is 0 Å². The van der Waals surface area contributed by atoms with Gasteiger partial charge in [-0.3, -0.25) is 0 Å². The average Bonchev–Trinajstić information content (AvgIpc) is 3.08. The molecule has 2 aliphatic carbocycles. The summed E-state index contributed by atoms with van der Waals surface area (Å²) in [6, 6.07) is 5.05. The van der Waals surface area contributed by atoms with Crippen molar-refractivity contribution in [2.45, 2.75) is 38.1 Å². The van der Waals surface area contributed by atoms with Crippen LogP contribution >= 0.6 is 22.9 Å². The van der Waals surface area contributed by atoms with Gasteiger partial charge in [0.15, 0.2) is 0 Å². The molecule has 0 aromatic carbocycles. The van der Waals surface area contributed by atoms with E-state index in [0.29, 0.717) is 5.41 Å². The van der Waals surface area contributed by atoms with Gasteiger partial charge in [-0.05, 0) is 49.7 Å². The maximum atomic E-state index is 5.95. The van der Waals surface area contributed by atoms with Gasteiger partial charge in [-0.2, -0.15) is 0 Å². The Labute approximate surface area is 99.8 Å². The Morgan fingerprint density at radius 2 is 2.20 bits per heavy atom. The predicted octanol–water partition coefficient (Wildman–Crippen LogP) is 3.48. The predicted molar refractivity (Wildman–Crippen MR) is 65.7 cm³/mol. The number of nitrogens with one attached hydrogen (secondary N) is 1. The Morgan fingerprint density at radius 1 is 1.40 bits per heavy atom. The second kappa shape index (κ2) is 3.76. The van der Waals surface area contributed by atoms with Gasteiger partial charge in [0.05, 0.1) is 4.34 Å². The molecule has 0 unspecified atom stereocenters. The number of hydrogen-bond donors (Lipinski definition) is 1. The van der Waals surface area contributed by atoms with E-state index in [1.807, 2.05) is 6.07 Å². The van der Waals surface area contributed by atoms with Gasteiger partial charge in [-0.25, -0.2) is 0 Å². The van der Waals surface area contributed by atoms with Gasteiger partial charge in [0.2, 0.25) is 0 Å². The first-order valence-corrected chi connectivity index (χ1v) is 6.93. The van der Waals surface area contributed by atoms with Crippen molar-refractivity contribution >= 4 is 22.9 Å². The smallest absolute Gasteiger partial charge is 0.0931 e. The molecular weight excluding hydrogens is 226 g/mol. The molecule has 1 N–H and O–H groups in total. The van der Waals surface area contributed by atoms with Crippen molar-refractivity contribution in [2.24, 2.45) is 5.41 Å². The van der Waals surface area contributed by atoms with Crippen molar-refractivity contribution in [3.8, 4) is 0 Å². The molecule has 0 bridgehead atoms.